The number of hydrogen-bond acceptors (Lipinski definition) is 6. The predicted octanol–water partition coefficient (Wildman–Crippen LogP) is 3.63. The van der Waals surface area contributed by atoms with Gasteiger partial charge in [0.15, 0.2) is 0 Å². The fourth-order valence-electron chi connectivity index (χ4n) is 3.66. The minimum atomic E-state index is -1.04. The van der Waals surface area contributed by atoms with Crippen molar-refractivity contribution in [2.75, 3.05) is 5.01 Å². The summed E-state index contributed by atoms with van der Waals surface area (Å²) in [5, 5.41) is 17.6. The number of hydrazone groups is 1. The smallest absolute Gasteiger partial charge is 0.335 e. The van der Waals surface area contributed by atoms with Crippen LogP contribution in [0.4, 0.5) is 5.69 Å². The van der Waals surface area contributed by atoms with E-state index in [9.17, 15) is 19.2 Å². The van der Waals surface area contributed by atoms with Crippen LogP contribution in [0.3, 0.4) is 0 Å². The number of anilines is 1. The molecule has 0 saturated carbocycles. The maximum Gasteiger partial charge on any atom is 0.335 e. The van der Waals surface area contributed by atoms with E-state index in [0.717, 1.165) is 0 Å². The number of hydrogen-bond donors (Lipinski definition) is 2. The SMILES string of the molecule is CC1=NN(c2ccc(OC=O)cc2)C(=O)C1=CC=CC=Cc1c(C)[nH]n(-c2ccc(C(=O)O)cc2)c1=O. The van der Waals surface area contributed by atoms with E-state index < -0.39 is 5.97 Å². The third kappa shape index (κ3) is 5.22. The molecule has 0 unspecified atom stereocenters. The number of amides is 1. The van der Waals surface area contributed by atoms with Crippen LogP contribution in [0, 0.1) is 6.92 Å². The number of nitrogens with zero attached hydrogens (tertiary/aromatic N) is 3. The third-order valence-electron chi connectivity index (χ3n) is 5.57. The summed E-state index contributed by atoms with van der Waals surface area (Å²) in [4.78, 5) is 47.1. The fourth-order valence-corrected chi connectivity index (χ4v) is 3.66. The Kier molecular flexibility index (Phi) is 7.10. The number of ether oxygens (including phenoxy) is 1. The van der Waals surface area contributed by atoms with Crippen LogP contribution < -0.4 is 15.3 Å². The first kappa shape index (κ1) is 24.9. The van der Waals surface area contributed by atoms with Gasteiger partial charge in [-0.05, 0) is 74.5 Å². The van der Waals surface area contributed by atoms with Gasteiger partial charge in [-0.1, -0.05) is 18.2 Å². The molecule has 2 heterocycles. The average Bonchev–Trinajstić information content (AvgIpc) is 3.33. The summed E-state index contributed by atoms with van der Waals surface area (Å²) in [6.07, 6.45) is 8.35. The number of aryl methyl sites for hydroxylation is 1. The molecule has 1 aliphatic rings. The van der Waals surface area contributed by atoms with Crippen LogP contribution in [0.5, 0.6) is 5.75 Å². The molecule has 10 nitrogen and oxygen atoms in total. The van der Waals surface area contributed by atoms with Crippen molar-refractivity contribution in [3.8, 4) is 11.4 Å². The Morgan fingerprint density at radius 2 is 1.65 bits per heavy atom. The second-order valence-corrected chi connectivity index (χ2v) is 7.98. The van der Waals surface area contributed by atoms with Crippen LogP contribution in [-0.4, -0.2) is 38.9 Å². The van der Waals surface area contributed by atoms with Crippen molar-refractivity contribution in [2.45, 2.75) is 13.8 Å². The Morgan fingerprint density at radius 3 is 2.30 bits per heavy atom. The van der Waals surface area contributed by atoms with Crippen molar-refractivity contribution in [1.82, 2.24) is 9.78 Å². The average molecular weight is 498 g/mol. The zero-order chi connectivity index (χ0) is 26.5. The number of carboxylic acid groups (broad SMARTS) is 1. The number of rotatable bonds is 8. The predicted molar refractivity (Wildman–Crippen MR) is 138 cm³/mol. The van der Waals surface area contributed by atoms with E-state index in [-0.39, 0.29) is 17.0 Å². The first-order valence-electron chi connectivity index (χ1n) is 11.1. The lowest BCUT2D eigenvalue weighted by Gasteiger charge is -2.11. The van der Waals surface area contributed by atoms with Crippen LogP contribution in [0.25, 0.3) is 11.8 Å². The molecule has 1 aliphatic heterocycles. The Balaban J connectivity index is 1.46. The molecule has 0 bridgehead atoms. The molecule has 0 radical (unpaired) electrons. The first-order chi connectivity index (χ1) is 17.8. The molecule has 1 aromatic heterocycles. The highest BCUT2D eigenvalue weighted by atomic mass is 16.5. The maximum absolute atomic E-state index is 12.8. The number of carbonyl (C=O) groups excluding carboxylic acids is 2. The van der Waals surface area contributed by atoms with Crippen LogP contribution in [-0.2, 0) is 9.59 Å². The number of carboxylic acids is 1. The lowest BCUT2D eigenvalue weighted by atomic mass is 10.1. The molecule has 0 atom stereocenters. The molecule has 37 heavy (non-hydrogen) atoms. The minimum Gasteiger partial charge on any atom is -0.478 e. The fraction of sp³-hybridized carbons (Fsp3) is 0.0741. The van der Waals surface area contributed by atoms with E-state index in [1.165, 1.54) is 21.8 Å². The molecule has 3 aromatic rings. The van der Waals surface area contributed by atoms with Gasteiger partial charge in [0.05, 0.1) is 33.8 Å². The van der Waals surface area contributed by atoms with E-state index in [1.807, 2.05) is 0 Å². The highest BCUT2D eigenvalue weighted by Crippen LogP contribution is 2.25. The van der Waals surface area contributed by atoms with Gasteiger partial charge in [-0.25, -0.2) is 9.48 Å². The summed E-state index contributed by atoms with van der Waals surface area (Å²) >= 11 is 0. The molecule has 2 aromatic carbocycles. The van der Waals surface area contributed by atoms with Gasteiger partial charge in [-0.3, -0.25) is 19.5 Å². The van der Waals surface area contributed by atoms with Gasteiger partial charge >= 0.3 is 5.97 Å². The minimum absolute atomic E-state index is 0.130. The quantitative estimate of drug-likeness (QED) is 0.277. The van der Waals surface area contributed by atoms with E-state index in [2.05, 4.69) is 10.2 Å². The van der Waals surface area contributed by atoms with Crippen LogP contribution in [0.1, 0.15) is 28.5 Å². The summed E-state index contributed by atoms with van der Waals surface area (Å²) in [6.45, 7) is 3.82. The normalized spacial score (nSPS) is 14.6. The summed E-state index contributed by atoms with van der Waals surface area (Å²) in [5.41, 5.74) is 2.96. The highest BCUT2D eigenvalue weighted by Gasteiger charge is 2.28. The standard InChI is InChI=1S/C27H22N4O6/c1-17-23(25(33)30(28-17)20-10-8-19(9-11-20)27(35)36)6-4-3-5-7-24-18(2)29-31(26(24)34)21-12-14-22(15-13-21)37-16-32/h3-16,28H,1-2H3,(H,35,36). The highest BCUT2D eigenvalue weighted by molar-refractivity contribution is 6.29. The molecule has 10 heteroatoms. The van der Waals surface area contributed by atoms with Gasteiger partial charge in [0.25, 0.3) is 17.9 Å². The zero-order valence-electron chi connectivity index (χ0n) is 19.9. The van der Waals surface area contributed by atoms with Gasteiger partial charge in [-0.15, -0.1) is 0 Å². The van der Waals surface area contributed by atoms with Crippen molar-refractivity contribution in [2.24, 2.45) is 5.10 Å². The lowest BCUT2D eigenvalue weighted by Crippen LogP contribution is -2.21. The van der Waals surface area contributed by atoms with Crippen molar-refractivity contribution in [1.29, 1.82) is 0 Å². The summed E-state index contributed by atoms with van der Waals surface area (Å²) < 4.78 is 6.10. The number of nitrogens with one attached hydrogen (secondary N) is 1. The molecule has 0 aliphatic carbocycles. The van der Waals surface area contributed by atoms with Crippen molar-refractivity contribution < 1.29 is 24.2 Å². The van der Waals surface area contributed by atoms with Gasteiger partial charge in [0.1, 0.15) is 5.75 Å². The van der Waals surface area contributed by atoms with Crippen LogP contribution in [0.2, 0.25) is 0 Å². The van der Waals surface area contributed by atoms with Crippen molar-refractivity contribution in [3.05, 3.63) is 106 Å². The Labute approximate surface area is 211 Å². The topological polar surface area (TPSA) is 134 Å². The Morgan fingerprint density at radius 1 is 0.973 bits per heavy atom. The second kappa shape index (κ2) is 10.6. The lowest BCUT2D eigenvalue weighted by molar-refractivity contribution is -0.120. The zero-order valence-corrected chi connectivity index (χ0v) is 19.9. The van der Waals surface area contributed by atoms with Gasteiger partial charge < -0.3 is 9.84 Å². The molecule has 4 rings (SSSR count). The van der Waals surface area contributed by atoms with Crippen molar-refractivity contribution >= 4 is 35.8 Å². The number of aromatic amines is 1. The number of allylic oxidation sites excluding steroid dienone is 4. The van der Waals surface area contributed by atoms with Crippen LogP contribution >= 0.6 is 0 Å². The summed E-state index contributed by atoms with van der Waals surface area (Å²) in [6, 6.07) is 12.4. The molecule has 0 fully saturated rings. The van der Waals surface area contributed by atoms with E-state index in [4.69, 9.17) is 9.84 Å². The van der Waals surface area contributed by atoms with Crippen molar-refractivity contribution in [3.63, 3.8) is 0 Å². The number of carbonyl (C=O) groups is 3. The molecular formula is C27H22N4O6. The van der Waals surface area contributed by atoms with Gasteiger partial charge in [0, 0.05) is 5.69 Å². The van der Waals surface area contributed by atoms with E-state index in [0.29, 0.717) is 46.1 Å². The first-order valence-corrected chi connectivity index (χ1v) is 11.1. The molecule has 0 saturated heterocycles. The molecular weight excluding hydrogens is 476 g/mol. The molecule has 2 N–H and O–H groups in total. The van der Waals surface area contributed by atoms with E-state index in [1.54, 1.807) is 80.6 Å². The number of aromatic nitrogens is 2. The second-order valence-electron chi connectivity index (χ2n) is 7.98. The summed E-state index contributed by atoms with van der Waals surface area (Å²) in [5.74, 6) is -0.981. The molecule has 1 amide bonds. The third-order valence-corrected chi connectivity index (χ3v) is 5.57. The largest absolute Gasteiger partial charge is 0.478 e. The Hall–Kier alpha value is -5.25. The number of H-pyrrole nitrogens is 1. The maximum atomic E-state index is 12.8. The summed E-state index contributed by atoms with van der Waals surface area (Å²) in [7, 11) is 0. The van der Waals surface area contributed by atoms with Gasteiger partial charge in [-0.2, -0.15) is 10.1 Å². The van der Waals surface area contributed by atoms with E-state index >= 15 is 0 Å². The monoisotopic (exact) mass is 498 g/mol. The van der Waals surface area contributed by atoms with Crippen LogP contribution in [0.15, 0.2) is 88.3 Å². The number of benzene rings is 2. The molecule has 186 valence electrons. The Bertz CT molecular complexity index is 1540. The molecule has 0 spiro atoms. The van der Waals surface area contributed by atoms with Gasteiger partial charge in [0.2, 0.25) is 0 Å². The number of aromatic carboxylic acids is 1.